The van der Waals surface area contributed by atoms with Gasteiger partial charge in [-0.3, -0.25) is 4.79 Å². The second-order valence-corrected chi connectivity index (χ2v) is 11.9. The van der Waals surface area contributed by atoms with E-state index in [0.29, 0.717) is 25.0 Å². The normalized spacial score (nSPS) is 19.5. The summed E-state index contributed by atoms with van der Waals surface area (Å²) in [5.74, 6) is 1.84. The zero-order chi connectivity index (χ0) is 25.8. The molecule has 1 atom stereocenters. The Bertz CT molecular complexity index is 1470. The van der Waals surface area contributed by atoms with Crippen molar-refractivity contribution in [2.24, 2.45) is 0 Å². The smallest absolute Gasteiger partial charge is 0.242 e. The van der Waals surface area contributed by atoms with Crippen molar-refractivity contribution in [3.05, 3.63) is 39.7 Å². The number of thiophene rings is 1. The Labute approximate surface area is 221 Å². The summed E-state index contributed by atoms with van der Waals surface area (Å²) in [5.41, 5.74) is 7.14. The molecule has 2 fully saturated rings. The van der Waals surface area contributed by atoms with E-state index >= 15 is 0 Å². The SMILES string of the molecule is Cc1nc2c(C)cc(-c3[nH]c4sc(C5CCN(C(=O)[C@H]6COCCN6)CC5)c(C)c4c3C(C)C)cn2n1. The number of ether oxygens (including phenoxy) is 1. The van der Waals surface area contributed by atoms with Gasteiger partial charge in [0.05, 0.1) is 18.9 Å². The Morgan fingerprint density at radius 1 is 1.22 bits per heavy atom. The van der Waals surface area contributed by atoms with Crippen LogP contribution in [0.25, 0.3) is 27.1 Å². The molecule has 8 nitrogen and oxygen atoms in total. The van der Waals surface area contributed by atoms with Crippen molar-refractivity contribution in [3.63, 3.8) is 0 Å². The molecular weight excluding hydrogens is 484 g/mol. The quantitative estimate of drug-likeness (QED) is 0.408. The topological polar surface area (TPSA) is 87.5 Å². The van der Waals surface area contributed by atoms with Gasteiger partial charge in [-0.25, -0.2) is 9.50 Å². The standard InChI is InChI=1S/C28H36N6O2S/c1-15(2)22-23-17(4)25(19-6-9-33(10-7-19)28(35)21-14-36-11-8-29-21)37-27(23)31-24(22)20-12-16(3)26-30-18(5)32-34(26)13-20/h12-13,15,19,21,29,31H,6-11,14H2,1-5H3/t21-/m1/s1. The van der Waals surface area contributed by atoms with Gasteiger partial charge in [0.15, 0.2) is 5.65 Å². The van der Waals surface area contributed by atoms with Crippen LogP contribution in [0.5, 0.6) is 0 Å². The van der Waals surface area contributed by atoms with Crippen molar-refractivity contribution in [2.75, 3.05) is 32.8 Å². The number of piperidine rings is 1. The van der Waals surface area contributed by atoms with E-state index in [0.717, 1.165) is 55.1 Å². The number of hydrogen-bond donors (Lipinski definition) is 2. The molecule has 9 heteroatoms. The number of likely N-dealkylation sites (tertiary alicyclic amines) is 1. The Morgan fingerprint density at radius 2 is 2.00 bits per heavy atom. The van der Waals surface area contributed by atoms with E-state index in [1.165, 1.54) is 31.9 Å². The summed E-state index contributed by atoms with van der Waals surface area (Å²) >= 11 is 1.90. The Kier molecular flexibility index (Phi) is 6.33. The van der Waals surface area contributed by atoms with Crippen molar-refractivity contribution in [1.29, 1.82) is 0 Å². The molecule has 0 aromatic carbocycles. The van der Waals surface area contributed by atoms with Crippen molar-refractivity contribution >= 4 is 33.1 Å². The maximum Gasteiger partial charge on any atom is 0.242 e. The Balaban J connectivity index is 1.29. The number of carbonyl (C=O) groups is 1. The molecule has 0 saturated carbocycles. The van der Waals surface area contributed by atoms with E-state index in [1.54, 1.807) is 0 Å². The predicted molar refractivity (Wildman–Crippen MR) is 148 cm³/mol. The van der Waals surface area contributed by atoms with Crippen molar-refractivity contribution in [1.82, 2.24) is 29.8 Å². The summed E-state index contributed by atoms with van der Waals surface area (Å²) in [4.78, 5) is 26.1. The first-order valence-corrected chi connectivity index (χ1v) is 14.2. The van der Waals surface area contributed by atoms with E-state index < -0.39 is 0 Å². The molecule has 4 aromatic heterocycles. The fourth-order valence-corrected chi connectivity index (χ4v) is 7.54. The van der Waals surface area contributed by atoms with Gasteiger partial charge in [-0.05, 0) is 68.2 Å². The van der Waals surface area contributed by atoms with Gasteiger partial charge in [0.25, 0.3) is 0 Å². The van der Waals surface area contributed by atoms with Gasteiger partial charge in [-0.1, -0.05) is 13.8 Å². The van der Waals surface area contributed by atoms with Crippen LogP contribution in [-0.2, 0) is 9.53 Å². The molecule has 0 spiro atoms. The number of amides is 1. The highest BCUT2D eigenvalue weighted by Crippen LogP contribution is 2.46. The molecule has 0 bridgehead atoms. The molecule has 2 N–H and O–H groups in total. The van der Waals surface area contributed by atoms with Gasteiger partial charge < -0.3 is 19.9 Å². The van der Waals surface area contributed by atoms with Crippen molar-refractivity contribution < 1.29 is 9.53 Å². The largest absolute Gasteiger partial charge is 0.378 e. The molecular formula is C28H36N6O2S. The number of nitrogens with zero attached hydrogens (tertiary/aromatic N) is 4. The summed E-state index contributed by atoms with van der Waals surface area (Å²) in [6.07, 6.45) is 4.11. The predicted octanol–water partition coefficient (Wildman–Crippen LogP) is 4.68. The van der Waals surface area contributed by atoms with Gasteiger partial charge >= 0.3 is 0 Å². The third-order valence-electron chi connectivity index (χ3n) is 7.95. The van der Waals surface area contributed by atoms with Crippen LogP contribution in [-0.4, -0.2) is 69.3 Å². The fourth-order valence-electron chi connectivity index (χ4n) is 6.14. The number of pyridine rings is 1. The Morgan fingerprint density at radius 3 is 2.70 bits per heavy atom. The number of aromatic nitrogens is 4. The van der Waals surface area contributed by atoms with Crippen LogP contribution >= 0.6 is 11.3 Å². The maximum atomic E-state index is 12.9. The summed E-state index contributed by atoms with van der Waals surface area (Å²) in [7, 11) is 0. The monoisotopic (exact) mass is 520 g/mol. The molecule has 2 aliphatic heterocycles. The van der Waals surface area contributed by atoms with Gasteiger partial charge in [-0.15, -0.1) is 11.3 Å². The number of fused-ring (bicyclic) bond motifs is 2. The molecule has 0 radical (unpaired) electrons. The second kappa shape index (κ2) is 9.53. The van der Waals surface area contributed by atoms with E-state index in [2.05, 4.69) is 60.3 Å². The third kappa shape index (κ3) is 4.27. The van der Waals surface area contributed by atoms with E-state index in [4.69, 9.17) is 4.74 Å². The lowest BCUT2D eigenvalue weighted by Gasteiger charge is -2.35. The first-order valence-electron chi connectivity index (χ1n) is 13.4. The van der Waals surface area contributed by atoms with Crippen LogP contribution in [0.4, 0.5) is 0 Å². The number of carbonyl (C=O) groups excluding carboxylic acids is 1. The number of H-pyrrole nitrogens is 1. The highest BCUT2D eigenvalue weighted by atomic mass is 32.1. The number of aryl methyl sites for hydroxylation is 3. The summed E-state index contributed by atoms with van der Waals surface area (Å²) < 4.78 is 7.41. The highest BCUT2D eigenvalue weighted by Gasteiger charge is 2.32. The highest BCUT2D eigenvalue weighted by molar-refractivity contribution is 7.19. The van der Waals surface area contributed by atoms with Gasteiger partial charge in [-0.2, -0.15) is 5.10 Å². The minimum absolute atomic E-state index is 0.190. The number of hydrogen-bond acceptors (Lipinski definition) is 6. The molecule has 2 saturated heterocycles. The van der Waals surface area contributed by atoms with Crippen LogP contribution in [0.15, 0.2) is 12.3 Å². The molecule has 6 heterocycles. The lowest BCUT2D eigenvalue weighted by atomic mass is 9.90. The molecule has 196 valence electrons. The average Bonchev–Trinajstić information content (AvgIpc) is 3.56. The van der Waals surface area contributed by atoms with Crippen LogP contribution in [0, 0.1) is 20.8 Å². The minimum Gasteiger partial charge on any atom is -0.378 e. The molecule has 37 heavy (non-hydrogen) atoms. The van der Waals surface area contributed by atoms with Gasteiger partial charge in [0.2, 0.25) is 5.91 Å². The molecule has 6 rings (SSSR count). The zero-order valence-corrected chi connectivity index (χ0v) is 23.2. The van der Waals surface area contributed by atoms with E-state index in [1.807, 2.05) is 27.7 Å². The minimum atomic E-state index is -0.191. The van der Waals surface area contributed by atoms with Crippen molar-refractivity contribution in [3.8, 4) is 11.3 Å². The fraction of sp³-hybridized carbons (Fsp3) is 0.536. The van der Waals surface area contributed by atoms with Crippen LogP contribution in [0.2, 0.25) is 0 Å². The van der Waals surface area contributed by atoms with E-state index in [-0.39, 0.29) is 11.9 Å². The second-order valence-electron chi connectivity index (χ2n) is 10.9. The summed E-state index contributed by atoms with van der Waals surface area (Å²) in [5, 5.41) is 9.25. The number of rotatable bonds is 4. The third-order valence-corrected chi connectivity index (χ3v) is 9.32. The first-order chi connectivity index (χ1) is 17.8. The molecule has 1 amide bonds. The number of morpholine rings is 1. The van der Waals surface area contributed by atoms with Crippen LogP contribution in [0.3, 0.4) is 0 Å². The lowest BCUT2D eigenvalue weighted by molar-refractivity contribution is -0.137. The van der Waals surface area contributed by atoms with Gasteiger partial charge in [0, 0.05) is 41.7 Å². The average molecular weight is 521 g/mol. The summed E-state index contributed by atoms with van der Waals surface area (Å²) in [6.45, 7) is 14.4. The van der Waals surface area contributed by atoms with Crippen molar-refractivity contribution in [2.45, 2.75) is 65.3 Å². The van der Waals surface area contributed by atoms with Crippen LogP contribution < -0.4 is 5.32 Å². The molecule has 0 unspecified atom stereocenters. The Hall–Kier alpha value is -2.75. The molecule has 4 aromatic rings. The zero-order valence-electron chi connectivity index (χ0n) is 22.4. The number of aromatic amines is 1. The number of nitrogens with one attached hydrogen (secondary N) is 2. The molecule has 0 aliphatic carbocycles. The molecule has 2 aliphatic rings. The van der Waals surface area contributed by atoms with E-state index in [9.17, 15) is 4.79 Å². The van der Waals surface area contributed by atoms with Gasteiger partial charge in [0.1, 0.15) is 16.7 Å². The van der Waals surface area contributed by atoms with Crippen LogP contribution in [0.1, 0.15) is 65.9 Å². The maximum absolute atomic E-state index is 12.9. The first kappa shape index (κ1) is 24.6. The summed E-state index contributed by atoms with van der Waals surface area (Å²) in [6, 6.07) is 2.03. The lowest BCUT2D eigenvalue weighted by Crippen LogP contribution is -2.53.